The maximum atomic E-state index is 12.7. The van der Waals surface area contributed by atoms with Crippen molar-refractivity contribution in [2.45, 2.75) is 167 Å². The van der Waals surface area contributed by atoms with E-state index in [0.29, 0.717) is 12.8 Å². The SMILES string of the molecule is CC/C=C\C/C=C\C/C=C\CCCCCCCC(=O)OC[C@H](COP(=O)(O)OC[C@H](N)C(=O)O)OC(=O)CCCC(O)C(O)C/C=C\C/C=C\C/C=C\CCCCC. The van der Waals surface area contributed by atoms with Gasteiger partial charge in [-0.2, -0.15) is 0 Å². The van der Waals surface area contributed by atoms with Crippen molar-refractivity contribution < 1.29 is 57.7 Å². The minimum atomic E-state index is -4.81. The molecule has 0 aromatic heterocycles. The fourth-order valence-electron chi connectivity index (χ4n) is 5.18. The minimum Gasteiger partial charge on any atom is -0.480 e. The number of hydrogen-bond donors (Lipinski definition) is 5. The van der Waals surface area contributed by atoms with Gasteiger partial charge in [-0.3, -0.25) is 23.4 Å². The van der Waals surface area contributed by atoms with E-state index < -0.39 is 69.9 Å². The van der Waals surface area contributed by atoms with Gasteiger partial charge in [0.25, 0.3) is 0 Å². The summed E-state index contributed by atoms with van der Waals surface area (Å²) in [7, 11) is -4.81. The summed E-state index contributed by atoms with van der Waals surface area (Å²) in [6.07, 6.45) is 37.1. The number of esters is 2. The molecule has 0 aliphatic rings. The molecule has 0 aliphatic carbocycles. The monoisotopic (exact) mass is 839 g/mol. The van der Waals surface area contributed by atoms with Crippen LogP contribution in [0.5, 0.6) is 0 Å². The molecule has 0 aromatic carbocycles. The molecule has 0 aliphatic heterocycles. The molecule has 3 unspecified atom stereocenters. The first kappa shape index (κ1) is 54.8. The number of rotatable bonds is 38. The van der Waals surface area contributed by atoms with Crippen molar-refractivity contribution in [3.8, 4) is 0 Å². The van der Waals surface area contributed by atoms with Gasteiger partial charge < -0.3 is 35.4 Å². The number of phosphoric ester groups is 1. The molecule has 13 nitrogen and oxygen atoms in total. The molecule has 0 amide bonds. The summed E-state index contributed by atoms with van der Waals surface area (Å²) in [5.74, 6) is -2.73. The Kier molecular flexibility index (Phi) is 36.0. The number of unbranched alkanes of at least 4 members (excludes halogenated alkanes) is 8. The Labute approximate surface area is 347 Å². The van der Waals surface area contributed by atoms with E-state index in [1.54, 1.807) is 6.08 Å². The van der Waals surface area contributed by atoms with Crippen LogP contribution in [0.4, 0.5) is 0 Å². The van der Waals surface area contributed by atoms with Crippen molar-refractivity contribution in [1.82, 2.24) is 0 Å². The normalized spacial score (nSPS) is 15.6. The van der Waals surface area contributed by atoms with Crippen LogP contribution in [0.2, 0.25) is 0 Å². The largest absolute Gasteiger partial charge is 0.480 e. The molecule has 0 aromatic rings. The second-order valence-electron chi connectivity index (χ2n) is 14.0. The molecule has 14 heteroatoms. The third-order valence-corrected chi connectivity index (χ3v) is 9.59. The molecule has 6 N–H and O–H groups in total. The second kappa shape index (κ2) is 38.1. The average Bonchev–Trinajstić information content (AvgIpc) is 3.19. The van der Waals surface area contributed by atoms with Gasteiger partial charge in [0.1, 0.15) is 12.6 Å². The van der Waals surface area contributed by atoms with E-state index in [2.05, 4.69) is 73.1 Å². The van der Waals surface area contributed by atoms with Gasteiger partial charge in [-0.1, -0.05) is 119 Å². The Balaban J connectivity index is 4.68. The van der Waals surface area contributed by atoms with Crippen LogP contribution in [-0.2, 0) is 37.5 Å². The fraction of sp³-hybridized carbons (Fsp3) is 0.659. The summed E-state index contributed by atoms with van der Waals surface area (Å²) in [6.45, 7) is 2.33. The number of aliphatic hydroxyl groups is 2. The van der Waals surface area contributed by atoms with E-state index in [-0.39, 0.29) is 32.1 Å². The summed E-state index contributed by atoms with van der Waals surface area (Å²) < 4.78 is 32.4. The lowest BCUT2D eigenvalue weighted by Gasteiger charge is -2.20. The van der Waals surface area contributed by atoms with Crippen LogP contribution in [0.15, 0.2) is 72.9 Å². The molecule has 0 saturated heterocycles. The number of hydrogen-bond acceptors (Lipinski definition) is 11. The number of nitrogens with two attached hydrogens (primary N) is 1. The number of allylic oxidation sites excluding steroid dienone is 11. The van der Waals surface area contributed by atoms with E-state index in [0.717, 1.165) is 64.2 Å². The third-order valence-electron chi connectivity index (χ3n) is 8.64. The molecular formula is C44H74NO12P. The standard InChI is InChI=1S/C44H74NO12P/c1-3-5-7-9-11-13-15-17-18-19-21-23-25-27-29-33-42(48)54-35-38(36-55-58(52,53)56-37-39(45)44(50)51)57-43(49)34-30-32-41(47)40(46)31-28-26-24-22-20-16-14-12-10-8-6-4-2/h5,7,11-14,17-18,20,22,26,28,38-41,46-47H,3-4,6,8-10,15-16,19,21,23-25,27,29-37,45H2,1-2H3,(H,50,51)(H,52,53)/b7-5-,13-11-,14-12-,18-17-,22-20-,28-26-/t38-,39+,40?,41?/m1/s1. The lowest BCUT2D eigenvalue weighted by molar-refractivity contribution is -0.161. The van der Waals surface area contributed by atoms with Crippen molar-refractivity contribution in [1.29, 1.82) is 0 Å². The Hall–Kier alpha value is -3.16. The second-order valence-corrected chi connectivity index (χ2v) is 15.5. The van der Waals surface area contributed by atoms with Crippen LogP contribution < -0.4 is 5.73 Å². The summed E-state index contributed by atoms with van der Waals surface area (Å²) >= 11 is 0. The van der Waals surface area contributed by atoms with Crippen LogP contribution in [0.1, 0.15) is 142 Å². The quantitative estimate of drug-likeness (QED) is 0.0170. The van der Waals surface area contributed by atoms with Gasteiger partial charge in [-0.15, -0.1) is 0 Å². The van der Waals surface area contributed by atoms with Gasteiger partial charge in [0, 0.05) is 12.8 Å². The summed E-state index contributed by atoms with van der Waals surface area (Å²) in [4.78, 5) is 46.0. The van der Waals surface area contributed by atoms with Crippen LogP contribution >= 0.6 is 7.82 Å². The van der Waals surface area contributed by atoms with E-state index in [9.17, 15) is 34.1 Å². The Bertz CT molecular complexity index is 1290. The average molecular weight is 840 g/mol. The molecule has 0 saturated carbocycles. The molecule has 5 atom stereocenters. The van der Waals surface area contributed by atoms with Gasteiger partial charge >= 0.3 is 25.7 Å². The lowest BCUT2D eigenvalue weighted by atomic mass is 10.0. The van der Waals surface area contributed by atoms with Crippen molar-refractivity contribution in [2.24, 2.45) is 5.73 Å². The van der Waals surface area contributed by atoms with Gasteiger partial charge in [0.05, 0.1) is 25.4 Å². The van der Waals surface area contributed by atoms with E-state index >= 15 is 0 Å². The highest BCUT2D eigenvalue weighted by Crippen LogP contribution is 2.43. The van der Waals surface area contributed by atoms with Crippen molar-refractivity contribution in [3.63, 3.8) is 0 Å². The molecule has 332 valence electrons. The van der Waals surface area contributed by atoms with E-state index in [1.165, 1.54) is 19.3 Å². The zero-order valence-corrected chi connectivity index (χ0v) is 36.0. The fourth-order valence-corrected chi connectivity index (χ4v) is 5.96. The molecule has 0 heterocycles. The lowest BCUT2D eigenvalue weighted by Crippen LogP contribution is -2.34. The molecule has 0 rings (SSSR count). The maximum absolute atomic E-state index is 12.7. The predicted molar refractivity (Wildman–Crippen MR) is 229 cm³/mol. The number of carboxylic acid groups (broad SMARTS) is 1. The van der Waals surface area contributed by atoms with Gasteiger partial charge in [-0.05, 0) is 83.5 Å². The molecule has 0 bridgehead atoms. The van der Waals surface area contributed by atoms with Crippen LogP contribution in [0.3, 0.4) is 0 Å². The molecule has 58 heavy (non-hydrogen) atoms. The zero-order chi connectivity index (χ0) is 43.1. The topological polar surface area (TPSA) is 212 Å². The third kappa shape index (κ3) is 36.0. The summed E-state index contributed by atoms with van der Waals surface area (Å²) in [5, 5.41) is 29.6. The highest BCUT2D eigenvalue weighted by Gasteiger charge is 2.28. The van der Waals surface area contributed by atoms with E-state index in [4.69, 9.17) is 24.8 Å². The number of aliphatic carboxylic acids is 1. The van der Waals surface area contributed by atoms with Crippen LogP contribution in [0.25, 0.3) is 0 Å². The summed E-state index contributed by atoms with van der Waals surface area (Å²) in [6, 6.07) is -1.57. The molecule has 0 fully saturated rings. The number of ether oxygens (including phenoxy) is 2. The summed E-state index contributed by atoms with van der Waals surface area (Å²) in [5.41, 5.74) is 5.31. The minimum absolute atomic E-state index is 0.111. The zero-order valence-electron chi connectivity index (χ0n) is 35.1. The molecular weight excluding hydrogens is 765 g/mol. The Morgan fingerprint density at radius 2 is 1.14 bits per heavy atom. The number of carboxylic acids is 1. The maximum Gasteiger partial charge on any atom is 0.472 e. The van der Waals surface area contributed by atoms with Gasteiger partial charge in [0.2, 0.25) is 0 Å². The molecule has 0 spiro atoms. The smallest absolute Gasteiger partial charge is 0.472 e. The molecule has 0 radical (unpaired) electrons. The van der Waals surface area contributed by atoms with Crippen molar-refractivity contribution >= 4 is 25.7 Å². The Morgan fingerprint density at radius 1 is 0.621 bits per heavy atom. The first-order chi connectivity index (χ1) is 27.9. The Morgan fingerprint density at radius 3 is 1.74 bits per heavy atom. The first-order valence-corrected chi connectivity index (χ1v) is 22.6. The van der Waals surface area contributed by atoms with Crippen molar-refractivity contribution in [2.75, 3.05) is 19.8 Å². The van der Waals surface area contributed by atoms with Gasteiger partial charge in [0.15, 0.2) is 6.10 Å². The van der Waals surface area contributed by atoms with Crippen molar-refractivity contribution in [3.05, 3.63) is 72.9 Å². The highest BCUT2D eigenvalue weighted by atomic mass is 31.2. The van der Waals surface area contributed by atoms with Crippen LogP contribution in [-0.4, -0.2) is 82.3 Å². The predicted octanol–water partition coefficient (Wildman–Crippen LogP) is 8.89. The van der Waals surface area contributed by atoms with Gasteiger partial charge in [-0.25, -0.2) is 4.57 Å². The number of carbonyl (C=O) groups excluding carboxylic acids is 2. The number of carbonyl (C=O) groups is 3. The first-order valence-electron chi connectivity index (χ1n) is 21.1. The number of aliphatic hydroxyl groups excluding tert-OH is 2. The highest BCUT2D eigenvalue weighted by molar-refractivity contribution is 7.47. The van der Waals surface area contributed by atoms with E-state index in [1.807, 2.05) is 12.2 Å². The number of phosphoric acid groups is 1. The van der Waals surface area contributed by atoms with Crippen LogP contribution in [0, 0.1) is 0 Å².